The quantitative estimate of drug-likeness (QED) is 0.372. The Bertz CT molecular complexity index is 217. The summed E-state index contributed by atoms with van der Waals surface area (Å²) in [6.07, 6.45) is -0.124. The highest BCUT2D eigenvalue weighted by atomic mass is 28.4. The molecule has 0 aromatic carbocycles. The molecule has 0 aromatic heterocycles. The van der Waals surface area contributed by atoms with Crippen LogP contribution < -0.4 is 0 Å². The average molecular weight is 184 g/mol. The van der Waals surface area contributed by atoms with Gasteiger partial charge in [0.05, 0.1) is 0 Å². The molecule has 0 aliphatic rings. The van der Waals surface area contributed by atoms with E-state index in [0.717, 1.165) is 0 Å². The molecular weight excluding hydrogens is 168 g/mol. The number of hydrogen-bond acceptors (Lipinski definition) is 2. The third-order valence-corrected chi connectivity index (χ3v) is 2.04. The third kappa shape index (κ3) is 7.51. The lowest BCUT2D eigenvalue weighted by molar-refractivity contribution is -0.111. The van der Waals surface area contributed by atoms with E-state index in [1.165, 1.54) is 6.92 Å². The van der Waals surface area contributed by atoms with E-state index in [0.29, 0.717) is 0 Å². The Morgan fingerprint density at radius 1 is 1.42 bits per heavy atom. The minimum absolute atomic E-state index is 0.110. The third-order valence-electron chi connectivity index (χ3n) is 0.982. The Morgan fingerprint density at radius 2 is 1.92 bits per heavy atom. The standard InChI is InChI=1S/C9H16O2Si/c1-8(10)6-7-9(2)11-12(3,4)5/h9H,1-5H3. The minimum Gasteiger partial charge on any atom is -0.404 e. The molecule has 0 heterocycles. The first-order chi connectivity index (χ1) is 5.31. The zero-order valence-corrected chi connectivity index (χ0v) is 9.39. The summed E-state index contributed by atoms with van der Waals surface area (Å²) in [5.41, 5.74) is 0. The van der Waals surface area contributed by atoms with Crippen LogP contribution in [0.1, 0.15) is 13.8 Å². The fourth-order valence-electron chi connectivity index (χ4n) is 0.763. The van der Waals surface area contributed by atoms with Gasteiger partial charge in [0, 0.05) is 6.92 Å². The molecular formula is C9H16O2Si. The summed E-state index contributed by atoms with van der Waals surface area (Å²) in [6.45, 7) is 9.61. The molecule has 0 aromatic rings. The fourth-order valence-corrected chi connectivity index (χ4v) is 1.88. The highest BCUT2D eigenvalue weighted by molar-refractivity contribution is 6.69. The van der Waals surface area contributed by atoms with E-state index in [2.05, 4.69) is 31.5 Å². The summed E-state index contributed by atoms with van der Waals surface area (Å²) in [6, 6.07) is 0. The molecule has 2 nitrogen and oxygen atoms in total. The van der Waals surface area contributed by atoms with Crippen molar-refractivity contribution in [2.75, 3.05) is 0 Å². The summed E-state index contributed by atoms with van der Waals surface area (Å²) >= 11 is 0. The molecule has 0 saturated heterocycles. The van der Waals surface area contributed by atoms with Gasteiger partial charge in [-0.2, -0.15) is 0 Å². The van der Waals surface area contributed by atoms with Crippen LogP contribution >= 0.6 is 0 Å². The van der Waals surface area contributed by atoms with Gasteiger partial charge in [-0.3, -0.25) is 4.79 Å². The van der Waals surface area contributed by atoms with Gasteiger partial charge in [0.15, 0.2) is 8.32 Å². The average Bonchev–Trinajstić information content (AvgIpc) is 1.79. The van der Waals surface area contributed by atoms with Crippen molar-refractivity contribution >= 4 is 14.1 Å². The van der Waals surface area contributed by atoms with Crippen molar-refractivity contribution in [2.45, 2.75) is 39.6 Å². The second-order valence-corrected chi connectivity index (χ2v) is 8.16. The molecule has 3 heteroatoms. The first-order valence-corrected chi connectivity index (χ1v) is 7.42. The molecule has 68 valence electrons. The topological polar surface area (TPSA) is 26.3 Å². The second kappa shape index (κ2) is 4.44. The summed E-state index contributed by atoms with van der Waals surface area (Å²) in [7, 11) is -1.51. The summed E-state index contributed by atoms with van der Waals surface area (Å²) in [5.74, 6) is 5.12. The lowest BCUT2D eigenvalue weighted by Crippen LogP contribution is -2.29. The van der Waals surface area contributed by atoms with E-state index in [-0.39, 0.29) is 11.9 Å². The number of Topliss-reactive ketones (excluding diaryl/α,β-unsaturated/α-hetero) is 1. The summed E-state index contributed by atoms with van der Waals surface area (Å²) < 4.78 is 5.60. The van der Waals surface area contributed by atoms with Gasteiger partial charge < -0.3 is 4.43 Å². The number of rotatable bonds is 2. The van der Waals surface area contributed by atoms with Crippen LogP contribution in [0.4, 0.5) is 0 Å². The zero-order chi connectivity index (χ0) is 9.78. The van der Waals surface area contributed by atoms with Gasteiger partial charge in [-0.25, -0.2) is 0 Å². The van der Waals surface area contributed by atoms with E-state index >= 15 is 0 Å². The van der Waals surface area contributed by atoms with Crippen LogP contribution in [0.15, 0.2) is 0 Å². The first-order valence-electron chi connectivity index (χ1n) is 4.01. The number of carbonyl (C=O) groups is 1. The summed E-state index contributed by atoms with van der Waals surface area (Å²) in [5, 5.41) is 0. The van der Waals surface area contributed by atoms with Crippen molar-refractivity contribution in [2.24, 2.45) is 0 Å². The van der Waals surface area contributed by atoms with Crippen molar-refractivity contribution < 1.29 is 9.22 Å². The van der Waals surface area contributed by atoms with Gasteiger partial charge in [-0.05, 0) is 32.5 Å². The monoisotopic (exact) mass is 184 g/mol. The van der Waals surface area contributed by atoms with Gasteiger partial charge in [-0.1, -0.05) is 5.92 Å². The van der Waals surface area contributed by atoms with Crippen molar-refractivity contribution in [1.82, 2.24) is 0 Å². The highest BCUT2D eigenvalue weighted by Gasteiger charge is 2.16. The molecule has 0 N–H and O–H groups in total. The molecule has 0 fully saturated rings. The largest absolute Gasteiger partial charge is 0.404 e. The maximum Gasteiger partial charge on any atom is 0.202 e. The predicted octanol–water partition coefficient (Wildman–Crippen LogP) is 1.82. The molecule has 1 unspecified atom stereocenters. The Labute approximate surface area is 75.4 Å². The van der Waals surface area contributed by atoms with E-state index < -0.39 is 8.32 Å². The van der Waals surface area contributed by atoms with E-state index in [4.69, 9.17) is 4.43 Å². The SMILES string of the molecule is CC(=O)C#CC(C)O[Si](C)(C)C. The van der Waals surface area contributed by atoms with Gasteiger partial charge in [0.2, 0.25) is 5.78 Å². The van der Waals surface area contributed by atoms with E-state index in [1.54, 1.807) is 0 Å². The molecule has 0 bridgehead atoms. The van der Waals surface area contributed by atoms with Crippen LogP contribution in [-0.4, -0.2) is 20.2 Å². The maximum absolute atomic E-state index is 10.5. The number of hydrogen-bond donors (Lipinski definition) is 0. The Hall–Kier alpha value is -0.593. The van der Waals surface area contributed by atoms with Crippen LogP contribution in [0.2, 0.25) is 19.6 Å². The lowest BCUT2D eigenvalue weighted by atomic mass is 10.4. The lowest BCUT2D eigenvalue weighted by Gasteiger charge is -2.19. The van der Waals surface area contributed by atoms with Crippen LogP contribution in [-0.2, 0) is 9.22 Å². The van der Waals surface area contributed by atoms with Crippen LogP contribution in [0, 0.1) is 11.8 Å². The van der Waals surface area contributed by atoms with E-state index in [1.807, 2.05) is 6.92 Å². The van der Waals surface area contributed by atoms with Crippen molar-refractivity contribution in [1.29, 1.82) is 0 Å². The zero-order valence-electron chi connectivity index (χ0n) is 8.39. The minimum atomic E-state index is -1.51. The molecule has 0 radical (unpaired) electrons. The Balaban J connectivity index is 4.01. The smallest absolute Gasteiger partial charge is 0.202 e. The molecule has 0 amide bonds. The van der Waals surface area contributed by atoms with Crippen LogP contribution in [0.3, 0.4) is 0 Å². The molecule has 0 aliphatic carbocycles. The van der Waals surface area contributed by atoms with Crippen molar-refractivity contribution in [3.63, 3.8) is 0 Å². The van der Waals surface area contributed by atoms with Crippen molar-refractivity contribution in [3.05, 3.63) is 0 Å². The second-order valence-electron chi connectivity index (χ2n) is 3.70. The summed E-state index contributed by atoms with van der Waals surface area (Å²) in [4.78, 5) is 10.5. The van der Waals surface area contributed by atoms with E-state index in [9.17, 15) is 4.79 Å². The molecule has 0 spiro atoms. The van der Waals surface area contributed by atoms with Crippen LogP contribution in [0.5, 0.6) is 0 Å². The van der Waals surface area contributed by atoms with Gasteiger partial charge >= 0.3 is 0 Å². The first kappa shape index (κ1) is 11.4. The van der Waals surface area contributed by atoms with Crippen LogP contribution in [0.25, 0.3) is 0 Å². The predicted molar refractivity (Wildman–Crippen MR) is 52.4 cm³/mol. The van der Waals surface area contributed by atoms with Gasteiger partial charge in [0.1, 0.15) is 6.10 Å². The normalized spacial score (nSPS) is 13.1. The van der Waals surface area contributed by atoms with Gasteiger partial charge in [-0.15, -0.1) is 0 Å². The number of carbonyl (C=O) groups excluding carboxylic acids is 1. The Kier molecular flexibility index (Phi) is 4.22. The number of ketones is 1. The van der Waals surface area contributed by atoms with Gasteiger partial charge in [0.25, 0.3) is 0 Å². The molecule has 0 saturated carbocycles. The Morgan fingerprint density at radius 3 is 2.25 bits per heavy atom. The molecule has 12 heavy (non-hydrogen) atoms. The highest BCUT2D eigenvalue weighted by Crippen LogP contribution is 2.05. The molecule has 0 aliphatic heterocycles. The molecule has 0 rings (SSSR count). The maximum atomic E-state index is 10.5. The fraction of sp³-hybridized carbons (Fsp3) is 0.667. The molecule has 1 atom stereocenters. The van der Waals surface area contributed by atoms with Crippen molar-refractivity contribution in [3.8, 4) is 11.8 Å².